The van der Waals surface area contributed by atoms with Gasteiger partial charge < -0.3 is 28.7 Å². The van der Waals surface area contributed by atoms with Crippen LogP contribution >= 0.6 is 0 Å². The first-order valence-electron chi connectivity index (χ1n) is 12.3. The van der Waals surface area contributed by atoms with Crippen LogP contribution in [0.1, 0.15) is 96.4 Å². The van der Waals surface area contributed by atoms with Gasteiger partial charge in [0.2, 0.25) is 11.5 Å². The molecule has 0 aliphatic rings. The van der Waals surface area contributed by atoms with E-state index in [1.54, 1.807) is 27.7 Å². The summed E-state index contributed by atoms with van der Waals surface area (Å²) in [5.41, 5.74) is -1.47. The summed E-state index contributed by atoms with van der Waals surface area (Å²) >= 11 is 0. The van der Waals surface area contributed by atoms with Crippen molar-refractivity contribution >= 4 is 18.1 Å². The molecule has 0 aliphatic carbocycles. The number of hydrogen-bond acceptors (Lipinski definition) is 11. The molecular weight excluding hydrogens is 500 g/mol. The first-order chi connectivity index (χ1) is 16.8. The summed E-state index contributed by atoms with van der Waals surface area (Å²) in [5.74, 6) is -6.49. The fourth-order valence-corrected chi connectivity index (χ4v) is 2.82. The molecule has 0 aromatic carbocycles. The van der Waals surface area contributed by atoms with Gasteiger partial charge in [-0.2, -0.15) is 9.78 Å². The van der Waals surface area contributed by atoms with Crippen LogP contribution in [0.5, 0.6) is 0 Å². The van der Waals surface area contributed by atoms with Crippen LogP contribution < -0.4 is 0 Å². The molecule has 11 nitrogen and oxygen atoms in total. The lowest BCUT2D eigenvalue weighted by Gasteiger charge is -2.31. The Morgan fingerprint density at radius 1 is 0.632 bits per heavy atom. The van der Waals surface area contributed by atoms with E-state index in [0.717, 1.165) is 0 Å². The summed E-state index contributed by atoms with van der Waals surface area (Å²) in [4.78, 5) is 57.5. The van der Waals surface area contributed by atoms with Crippen molar-refractivity contribution in [2.75, 3.05) is 0 Å². The van der Waals surface area contributed by atoms with E-state index in [4.69, 9.17) is 38.5 Å². The van der Waals surface area contributed by atoms with Crippen LogP contribution in [0.2, 0.25) is 0 Å². The summed E-state index contributed by atoms with van der Waals surface area (Å²) in [5, 5.41) is 0. The standard InChI is InChI=1S/C27H46O11/c1-17(2)25(10,11)38-36-19(4)21(29)32-27(14,15)34-22(30)33-26(12,13)31-20(28)18(3)35-37-24(8,9)16-23(5,6)7/h17H,3-4,16H2,1-2,5-15H3. The fraction of sp³-hybridized carbons (Fsp3) is 0.741. The number of esters is 2. The minimum absolute atomic E-state index is 0.0499. The van der Waals surface area contributed by atoms with Crippen LogP contribution in [-0.2, 0) is 48.1 Å². The molecule has 0 aromatic heterocycles. The Morgan fingerprint density at radius 2 is 1.00 bits per heavy atom. The molecule has 0 unspecified atom stereocenters. The van der Waals surface area contributed by atoms with Crippen molar-refractivity contribution in [3.63, 3.8) is 0 Å². The zero-order valence-electron chi connectivity index (χ0n) is 25.2. The van der Waals surface area contributed by atoms with Gasteiger partial charge in [0, 0.05) is 27.7 Å². The molecule has 0 saturated heterocycles. The molecule has 38 heavy (non-hydrogen) atoms. The highest BCUT2D eigenvalue weighted by atomic mass is 17.2. The number of carbonyl (C=O) groups is 3. The minimum atomic E-state index is -1.80. The normalized spacial score (nSPS) is 12.9. The largest absolute Gasteiger partial charge is 0.514 e. The topological polar surface area (TPSA) is 125 Å². The molecule has 0 rings (SSSR count). The highest BCUT2D eigenvalue weighted by Crippen LogP contribution is 2.30. The van der Waals surface area contributed by atoms with Gasteiger partial charge in [-0.05, 0) is 58.6 Å². The monoisotopic (exact) mass is 546 g/mol. The molecule has 0 atom stereocenters. The highest BCUT2D eigenvalue weighted by molar-refractivity contribution is 5.86. The van der Waals surface area contributed by atoms with E-state index < -0.39 is 52.4 Å². The van der Waals surface area contributed by atoms with Gasteiger partial charge in [-0.25, -0.2) is 14.4 Å². The third-order valence-electron chi connectivity index (χ3n) is 4.86. The summed E-state index contributed by atoms with van der Waals surface area (Å²) < 4.78 is 20.3. The number of ether oxygens (including phenoxy) is 4. The Balaban J connectivity index is 4.86. The Morgan fingerprint density at radius 3 is 1.34 bits per heavy atom. The summed E-state index contributed by atoms with van der Waals surface area (Å²) in [7, 11) is 0. The molecule has 11 heteroatoms. The van der Waals surface area contributed by atoms with E-state index >= 15 is 0 Å². The zero-order chi connectivity index (χ0) is 30.3. The average Bonchev–Trinajstić information content (AvgIpc) is 2.66. The van der Waals surface area contributed by atoms with Gasteiger partial charge in [0.1, 0.15) is 11.2 Å². The molecule has 0 heterocycles. The Hall–Kier alpha value is -2.79. The lowest BCUT2D eigenvalue weighted by atomic mass is 9.84. The first kappa shape index (κ1) is 35.2. The van der Waals surface area contributed by atoms with Crippen molar-refractivity contribution in [1.29, 1.82) is 0 Å². The molecule has 220 valence electrons. The van der Waals surface area contributed by atoms with Crippen LogP contribution in [0.25, 0.3) is 0 Å². The van der Waals surface area contributed by atoms with Crippen LogP contribution in [-0.4, -0.2) is 40.9 Å². The van der Waals surface area contributed by atoms with Gasteiger partial charge in [0.25, 0.3) is 11.6 Å². The summed E-state index contributed by atoms with van der Waals surface area (Å²) in [6.45, 7) is 29.2. The van der Waals surface area contributed by atoms with E-state index in [-0.39, 0.29) is 11.3 Å². The molecular formula is C27H46O11. The molecule has 0 N–H and O–H groups in total. The fourth-order valence-electron chi connectivity index (χ4n) is 2.82. The van der Waals surface area contributed by atoms with E-state index in [2.05, 4.69) is 13.2 Å². The second-order valence-electron chi connectivity index (χ2n) is 12.5. The second-order valence-corrected chi connectivity index (χ2v) is 12.5. The predicted octanol–water partition coefficient (Wildman–Crippen LogP) is 6.27. The van der Waals surface area contributed by atoms with Crippen molar-refractivity contribution in [2.24, 2.45) is 11.3 Å². The van der Waals surface area contributed by atoms with Crippen LogP contribution in [0, 0.1) is 11.3 Å². The Bertz CT molecular complexity index is 874. The van der Waals surface area contributed by atoms with Crippen LogP contribution in [0.15, 0.2) is 24.7 Å². The van der Waals surface area contributed by atoms with E-state index in [1.165, 1.54) is 27.7 Å². The summed E-state index contributed by atoms with van der Waals surface area (Å²) in [6.07, 6.45) is -0.663. The molecule has 0 saturated carbocycles. The first-order valence-corrected chi connectivity index (χ1v) is 12.3. The zero-order valence-corrected chi connectivity index (χ0v) is 25.2. The third-order valence-corrected chi connectivity index (χ3v) is 4.86. The van der Waals surface area contributed by atoms with Gasteiger partial charge in [-0.1, -0.05) is 34.6 Å². The quantitative estimate of drug-likeness (QED) is 0.0611. The molecule has 0 amide bonds. The number of carbonyl (C=O) groups excluding carboxylic acids is 3. The SMILES string of the molecule is C=C(OOC(C)(C)CC(C)(C)C)C(=O)OC(C)(C)OC(=O)OC(C)(C)OC(=O)C(=C)OOC(C)(C)C(C)C. The maximum absolute atomic E-state index is 12.4. The van der Waals surface area contributed by atoms with Crippen molar-refractivity contribution < 1.29 is 52.9 Å². The van der Waals surface area contributed by atoms with Gasteiger partial charge in [-0.15, -0.1) is 0 Å². The predicted molar refractivity (Wildman–Crippen MR) is 138 cm³/mol. The van der Waals surface area contributed by atoms with Gasteiger partial charge in [-0.3, -0.25) is 0 Å². The molecule has 0 spiro atoms. The molecule has 0 bridgehead atoms. The van der Waals surface area contributed by atoms with Crippen molar-refractivity contribution in [2.45, 2.75) is 119 Å². The van der Waals surface area contributed by atoms with Crippen molar-refractivity contribution in [3.05, 3.63) is 24.7 Å². The lowest BCUT2D eigenvalue weighted by molar-refractivity contribution is -0.337. The molecule has 0 radical (unpaired) electrons. The van der Waals surface area contributed by atoms with Crippen molar-refractivity contribution in [3.8, 4) is 0 Å². The maximum atomic E-state index is 12.4. The van der Waals surface area contributed by atoms with Gasteiger partial charge >= 0.3 is 18.1 Å². The lowest BCUT2D eigenvalue weighted by Crippen LogP contribution is -2.40. The second kappa shape index (κ2) is 12.8. The third kappa shape index (κ3) is 14.2. The maximum Gasteiger partial charge on any atom is 0.514 e. The van der Waals surface area contributed by atoms with Crippen LogP contribution in [0.3, 0.4) is 0 Å². The van der Waals surface area contributed by atoms with Crippen molar-refractivity contribution in [1.82, 2.24) is 0 Å². The highest BCUT2D eigenvalue weighted by Gasteiger charge is 2.36. The number of hydrogen-bond donors (Lipinski definition) is 0. The minimum Gasteiger partial charge on any atom is -0.417 e. The number of rotatable bonds is 14. The molecule has 0 fully saturated rings. The van der Waals surface area contributed by atoms with E-state index in [9.17, 15) is 14.4 Å². The van der Waals surface area contributed by atoms with E-state index in [0.29, 0.717) is 6.42 Å². The van der Waals surface area contributed by atoms with Gasteiger partial charge in [0.05, 0.1) is 0 Å². The summed E-state index contributed by atoms with van der Waals surface area (Å²) in [6, 6.07) is 0. The average molecular weight is 547 g/mol. The van der Waals surface area contributed by atoms with Gasteiger partial charge in [0.15, 0.2) is 0 Å². The molecule has 0 aliphatic heterocycles. The Kier molecular flexibility index (Phi) is 11.9. The Labute approximate surface area is 226 Å². The van der Waals surface area contributed by atoms with E-state index in [1.807, 2.05) is 34.6 Å². The smallest absolute Gasteiger partial charge is 0.417 e. The van der Waals surface area contributed by atoms with Crippen LogP contribution in [0.4, 0.5) is 4.79 Å². The molecule has 0 aromatic rings.